The molecule has 0 fully saturated rings. The molecule has 3 nitrogen and oxygen atoms in total. The molecule has 0 aromatic carbocycles. The van der Waals surface area contributed by atoms with Crippen LogP contribution in [0.4, 0.5) is 0 Å². The second-order valence-electron chi connectivity index (χ2n) is 4.08. The first-order valence-corrected chi connectivity index (χ1v) is 9.40. The molecule has 2 rings (SSSR count). The summed E-state index contributed by atoms with van der Waals surface area (Å²) in [5, 5.41) is 0.249. The van der Waals surface area contributed by atoms with Crippen molar-refractivity contribution in [3.05, 3.63) is 26.6 Å². The minimum Gasteiger partial charge on any atom is -0.326 e. The van der Waals surface area contributed by atoms with Gasteiger partial charge in [-0.25, -0.2) is 4.98 Å². The van der Waals surface area contributed by atoms with E-state index in [1.807, 2.05) is 0 Å². The second-order valence-corrected chi connectivity index (χ2v) is 8.72. The fraction of sp³-hybridized carbons (Fsp3) is 0.500. The van der Waals surface area contributed by atoms with E-state index >= 15 is 0 Å². The molecule has 2 unspecified atom stereocenters. The predicted molar refractivity (Wildman–Crippen MR) is 88.2 cm³/mol. The molecule has 2 aromatic heterocycles. The van der Waals surface area contributed by atoms with E-state index in [-0.39, 0.29) is 11.3 Å². The summed E-state index contributed by atoms with van der Waals surface area (Å²) in [6, 6.07) is 4.35. The first kappa shape index (κ1) is 15.4. The van der Waals surface area contributed by atoms with E-state index in [4.69, 9.17) is 5.73 Å². The molecule has 7 heteroatoms. The van der Waals surface area contributed by atoms with Gasteiger partial charge in [-0.1, -0.05) is 25.6 Å². The zero-order valence-electron chi connectivity index (χ0n) is 10.8. The zero-order chi connectivity index (χ0) is 13.8. The van der Waals surface area contributed by atoms with Gasteiger partial charge in [-0.3, -0.25) is 0 Å². The summed E-state index contributed by atoms with van der Waals surface area (Å²) in [5.74, 6) is 0.920. The molecule has 104 valence electrons. The van der Waals surface area contributed by atoms with Gasteiger partial charge in [-0.2, -0.15) is 4.37 Å². The van der Waals surface area contributed by atoms with Crippen LogP contribution in [0.25, 0.3) is 0 Å². The maximum atomic E-state index is 6.27. The maximum absolute atomic E-state index is 6.27. The first-order valence-electron chi connectivity index (χ1n) is 6.14. The molecular weight excluding hydrogens is 362 g/mol. The van der Waals surface area contributed by atoms with Crippen molar-refractivity contribution in [2.24, 2.45) is 5.73 Å². The van der Waals surface area contributed by atoms with Crippen LogP contribution in [0.3, 0.4) is 0 Å². The average molecular weight is 378 g/mol. The molecule has 0 saturated carbocycles. The number of aromatic nitrogens is 2. The van der Waals surface area contributed by atoms with Crippen molar-refractivity contribution < 1.29 is 0 Å². The molecule has 0 bridgehead atoms. The Bertz CT molecular complexity index is 526. The number of thiophene rings is 1. The van der Waals surface area contributed by atoms with Crippen LogP contribution < -0.4 is 5.73 Å². The van der Waals surface area contributed by atoms with E-state index in [0.29, 0.717) is 0 Å². The summed E-state index contributed by atoms with van der Waals surface area (Å²) in [4.78, 5) is 5.82. The van der Waals surface area contributed by atoms with Crippen molar-refractivity contribution in [2.75, 3.05) is 0 Å². The number of nitrogens with two attached hydrogens (primary N) is 1. The van der Waals surface area contributed by atoms with Gasteiger partial charge in [0.05, 0.1) is 9.04 Å². The molecule has 2 heterocycles. The van der Waals surface area contributed by atoms with Gasteiger partial charge in [-0.15, -0.1) is 11.3 Å². The van der Waals surface area contributed by atoms with Crippen molar-refractivity contribution in [3.8, 4) is 0 Å². The molecule has 0 aliphatic rings. The summed E-state index contributed by atoms with van der Waals surface area (Å²) < 4.78 is 6.49. The van der Waals surface area contributed by atoms with E-state index in [1.54, 1.807) is 23.1 Å². The number of aryl methyl sites for hydroxylation is 1. The Morgan fingerprint density at radius 3 is 2.74 bits per heavy atom. The number of nitrogens with zero attached hydrogens (tertiary/aromatic N) is 2. The summed E-state index contributed by atoms with van der Waals surface area (Å²) in [7, 11) is 0. The van der Waals surface area contributed by atoms with Gasteiger partial charge in [0.25, 0.3) is 0 Å². The Morgan fingerprint density at radius 1 is 1.42 bits per heavy atom. The van der Waals surface area contributed by atoms with Gasteiger partial charge in [0, 0.05) is 17.3 Å². The molecule has 2 aromatic rings. The molecular formula is C12H16BrN3S3. The van der Waals surface area contributed by atoms with Crippen LogP contribution in [0.5, 0.6) is 0 Å². The quantitative estimate of drug-likeness (QED) is 0.753. The van der Waals surface area contributed by atoms with Crippen LogP contribution >= 0.6 is 50.6 Å². The molecule has 0 saturated heterocycles. The highest BCUT2D eigenvalue weighted by atomic mass is 79.9. The van der Waals surface area contributed by atoms with E-state index in [9.17, 15) is 0 Å². The Morgan fingerprint density at radius 2 is 2.21 bits per heavy atom. The molecule has 2 atom stereocenters. The number of hydrogen-bond donors (Lipinski definition) is 1. The third-order valence-electron chi connectivity index (χ3n) is 2.73. The lowest BCUT2D eigenvalue weighted by Gasteiger charge is -2.19. The Kier molecular flexibility index (Phi) is 5.83. The highest BCUT2D eigenvalue weighted by molar-refractivity contribution is 9.11. The van der Waals surface area contributed by atoms with Crippen molar-refractivity contribution in [2.45, 2.75) is 42.3 Å². The normalized spacial score (nSPS) is 14.5. The fourth-order valence-corrected chi connectivity index (χ4v) is 5.39. The molecule has 0 amide bonds. The SMILES string of the molecule is CCc1nsc(SC(c2ccc(Br)s2)C(N)CC)n1. The third kappa shape index (κ3) is 4.01. The lowest BCUT2D eigenvalue weighted by molar-refractivity contribution is 0.639. The second kappa shape index (κ2) is 7.17. The van der Waals surface area contributed by atoms with Crippen molar-refractivity contribution >= 4 is 50.6 Å². The lowest BCUT2D eigenvalue weighted by Crippen LogP contribution is -2.25. The minimum atomic E-state index is 0.129. The molecule has 0 aliphatic heterocycles. The molecule has 0 aliphatic carbocycles. The van der Waals surface area contributed by atoms with Crippen LogP contribution in [-0.4, -0.2) is 15.4 Å². The van der Waals surface area contributed by atoms with Crippen LogP contribution in [0, 0.1) is 0 Å². The van der Waals surface area contributed by atoms with E-state index < -0.39 is 0 Å². The van der Waals surface area contributed by atoms with E-state index in [2.05, 4.69) is 51.3 Å². The number of rotatable bonds is 6. The van der Waals surface area contributed by atoms with Crippen LogP contribution in [-0.2, 0) is 6.42 Å². The average Bonchev–Trinajstić information content (AvgIpc) is 3.03. The summed E-state index contributed by atoms with van der Waals surface area (Å²) in [6.45, 7) is 4.20. The molecule has 19 heavy (non-hydrogen) atoms. The highest BCUT2D eigenvalue weighted by Crippen LogP contribution is 2.42. The molecule has 2 N–H and O–H groups in total. The Balaban J connectivity index is 2.18. The monoisotopic (exact) mass is 377 g/mol. The zero-order valence-corrected chi connectivity index (χ0v) is 14.8. The Hall–Kier alpha value is 0.0500. The first-order chi connectivity index (χ1) is 9.13. The smallest absolute Gasteiger partial charge is 0.170 e. The summed E-state index contributed by atoms with van der Waals surface area (Å²) >= 11 is 8.46. The standard InChI is InChI=1S/C12H16BrN3S3/c1-3-7(14)11(8-5-6-9(13)17-8)18-12-15-10(4-2)16-19-12/h5-7,11H,3-4,14H2,1-2H3. The van der Waals surface area contributed by atoms with Crippen LogP contribution in [0.1, 0.15) is 36.2 Å². The fourth-order valence-electron chi connectivity index (χ4n) is 1.59. The predicted octanol–water partition coefficient (Wildman–Crippen LogP) is 4.50. The molecule has 0 radical (unpaired) electrons. The summed E-state index contributed by atoms with van der Waals surface area (Å²) in [6.07, 6.45) is 1.83. The van der Waals surface area contributed by atoms with Gasteiger partial charge in [-0.05, 0) is 46.0 Å². The van der Waals surface area contributed by atoms with Gasteiger partial charge in [0.1, 0.15) is 5.82 Å². The maximum Gasteiger partial charge on any atom is 0.170 e. The number of halogens is 1. The summed E-state index contributed by atoms with van der Waals surface area (Å²) in [5.41, 5.74) is 6.27. The largest absolute Gasteiger partial charge is 0.326 e. The van der Waals surface area contributed by atoms with Crippen molar-refractivity contribution in [1.82, 2.24) is 9.36 Å². The van der Waals surface area contributed by atoms with Crippen LogP contribution in [0.15, 0.2) is 20.3 Å². The van der Waals surface area contributed by atoms with E-state index in [1.165, 1.54) is 16.4 Å². The van der Waals surface area contributed by atoms with Gasteiger partial charge in [0.15, 0.2) is 4.34 Å². The van der Waals surface area contributed by atoms with Gasteiger partial charge < -0.3 is 5.73 Å². The minimum absolute atomic E-state index is 0.129. The Labute approximate surface area is 134 Å². The van der Waals surface area contributed by atoms with Crippen molar-refractivity contribution in [1.29, 1.82) is 0 Å². The topological polar surface area (TPSA) is 51.8 Å². The van der Waals surface area contributed by atoms with E-state index in [0.717, 1.165) is 26.8 Å². The van der Waals surface area contributed by atoms with Gasteiger partial charge in [0.2, 0.25) is 0 Å². The number of hydrogen-bond acceptors (Lipinski definition) is 6. The van der Waals surface area contributed by atoms with Crippen LogP contribution in [0.2, 0.25) is 0 Å². The lowest BCUT2D eigenvalue weighted by atomic mass is 10.1. The van der Waals surface area contributed by atoms with Crippen molar-refractivity contribution in [3.63, 3.8) is 0 Å². The van der Waals surface area contributed by atoms with Gasteiger partial charge >= 0.3 is 0 Å². The number of thioether (sulfide) groups is 1. The third-order valence-corrected chi connectivity index (χ3v) is 6.80. The highest BCUT2D eigenvalue weighted by Gasteiger charge is 2.23. The molecule has 0 spiro atoms.